The first-order valence-corrected chi connectivity index (χ1v) is 6.81. The molecule has 0 spiro atoms. The third-order valence-electron chi connectivity index (χ3n) is 3.64. The summed E-state index contributed by atoms with van der Waals surface area (Å²) in [5, 5.41) is 6.52. The number of carbonyl (C=O) groups is 1. The summed E-state index contributed by atoms with van der Waals surface area (Å²) in [7, 11) is 3.07. The number of nitrogens with one attached hydrogen (secondary N) is 2. The summed E-state index contributed by atoms with van der Waals surface area (Å²) in [6.07, 6.45) is 0.811. The summed E-state index contributed by atoms with van der Waals surface area (Å²) >= 11 is 6.09. The number of methoxy groups -OCH3 is 2. The van der Waals surface area contributed by atoms with Crippen molar-refractivity contribution >= 4 is 23.2 Å². The minimum atomic E-state index is -0.405. The fraction of sp³-hybridized carbons (Fsp3) is 0.500. The molecule has 0 aromatic heterocycles. The lowest BCUT2D eigenvalue weighted by atomic mass is 9.88. The maximum absolute atomic E-state index is 12.4. The molecule has 1 aliphatic rings. The van der Waals surface area contributed by atoms with Crippen molar-refractivity contribution in [2.45, 2.75) is 13.3 Å². The van der Waals surface area contributed by atoms with Gasteiger partial charge in [0, 0.05) is 12.6 Å². The number of rotatable bonds is 4. The molecular formula is C14H19ClN2O3. The normalized spacial score (nSPS) is 21.6. The van der Waals surface area contributed by atoms with E-state index in [1.807, 2.05) is 6.92 Å². The average molecular weight is 299 g/mol. The monoisotopic (exact) mass is 298 g/mol. The Morgan fingerprint density at radius 2 is 2.05 bits per heavy atom. The summed E-state index contributed by atoms with van der Waals surface area (Å²) in [5.41, 5.74) is 0.147. The fourth-order valence-corrected chi connectivity index (χ4v) is 2.48. The van der Waals surface area contributed by atoms with E-state index in [9.17, 15) is 4.79 Å². The number of anilines is 1. The van der Waals surface area contributed by atoms with Gasteiger partial charge in [-0.05, 0) is 26.0 Å². The molecule has 1 aliphatic heterocycles. The summed E-state index contributed by atoms with van der Waals surface area (Å²) in [6, 6.07) is 3.30. The molecule has 1 saturated heterocycles. The SMILES string of the molecule is COc1cc(OC)c(NC(=O)C2(C)CCNC2)cc1Cl. The van der Waals surface area contributed by atoms with E-state index in [1.165, 1.54) is 14.2 Å². The topological polar surface area (TPSA) is 59.6 Å². The second kappa shape index (κ2) is 5.89. The molecule has 0 bridgehead atoms. The molecule has 1 fully saturated rings. The molecule has 0 radical (unpaired) electrons. The van der Waals surface area contributed by atoms with E-state index < -0.39 is 5.41 Å². The zero-order valence-electron chi connectivity index (χ0n) is 11.9. The lowest BCUT2D eigenvalue weighted by Gasteiger charge is -2.22. The zero-order chi connectivity index (χ0) is 14.8. The van der Waals surface area contributed by atoms with Crippen molar-refractivity contribution in [2.24, 2.45) is 5.41 Å². The van der Waals surface area contributed by atoms with Crippen molar-refractivity contribution in [3.63, 3.8) is 0 Å². The van der Waals surface area contributed by atoms with E-state index in [-0.39, 0.29) is 5.91 Å². The maximum atomic E-state index is 12.4. The van der Waals surface area contributed by atoms with Gasteiger partial charge in [-0.25, -0.2) is 0 Å². The molecule has 20 heavy (non-hydrogen) atoms. The predicted octanol–water partition coefficient (Wildman–Crippen LogP) is 2.30. The smallest absolute Gasteiger partial charge is 0.231 e. The quantitative estimate of drug-likeness (QED) is 0.895. The van der Waals surface area contributed by atoms with Crippen molar-refractivity contribution in [1.29, 1.82) is 0 Å². The van der Waals surface area contributed by atoms with Crippen molar-refractivity contribution < 1.29 is 14.3 Å². The van der Waals surface area contributed by atoms with Gasteiger partial charge in [-0.15, -0.1) is 0 Å². The van der Waals surface area contributed by atoms with Crippen LogP contribution in [-0.4, -0.2) is 33.2 Å². The standard InChI is InChI=1S/C14H19ClN2O3/c1-14(4-5-16-8-14)13(18)17-10-6-9(15)11(19-2)7-12(10)20-3/h6-7,16H,4-5,8H2,1-3H3,(H,17,18). The summed E-state index contributed by atoms with van der Waals surface area (Å²) in [6.45, 7) is 3.47. The number of hydrogen-bond acceptors (Lipinski definition) is 4. The Morgan fingerprint density at radius 1 is 1.35 bits per heavy atom. The Bertz CT molecular complexity index is 513. The van der Waals surface area contributed by atoms with Gasteiger partial charge < -0.3 is 20.1 Å². The zero-order valence-corrected chi connectivity index (χ0v) is 12.6. The highest BCUT2D eigenvalue weighted by atomic mass is 35.5. The van der Waals surface area contributed by atoms with Crippen molar-refractivity contribution in [2.75, 3.05) is 32.6 Å². The number of amides is 1. The molecule has 1 amide bonds. The van der Waals surface area contributed by atoms with Crippen LogP contribution in [0.5, 0.6) is 11.5 Å². The van der Waals surface area contributed by atoms with Crippen LogP contribution in [0.15, 0.2) is 12.1 Å². The van der Waals surface area contributed by atoms with E-state index in [4.69, 9.17) is 21.1 Å². The highest BCUT2D eigenvalue weighted by molar-refractivity contribution is 6.32. The number of benzene rings is 1. The maximum Gasteiger partial charge on any atom is 0.231 e. The van der Waals surface area contributed by atoms with Crippen LogP contribution in [0.3, 0.4) is 0 Å². The molecule has 1 atom stereocenters. The molecule has 110 valence electrons. The third kappa shape index (κ3) is 2.83. The van der Waals surface area contributed by atoms with E-state index in [0.717, 1.165) is 13.0 Å². The van der Waals surface area contributed by atoms with E-state index in [0.29, 0.717) is 28.8 Å². The van der Waals surface area contributed by atoms with Gasteiger partial charge in [-0.3, -0.25) is 4.79 Å². The Balaban J connectivity index is 2.24. The first-order chi connectivity index (χ1) is 9.50. The van der Waals surface area contributed by atoms with Crippen molar-refractivity contribution in [3.05, 3.63) is 17.2 Å². The van der Waals surface area contributed by atoms with Gasteiger partial charge in [0.05, 0.1) is 30.3 Å². The van der Waals surface area contributed by atoms with Gasteiger partial charge in [0.25, 0.3) is 0 Å². The average Bonchev–Trinajstić information content (AvgIpc) is 2.87. The number of hydrogen-bond donors (Lipinski definition) is 2. The number of halogens is 1. The van der Waals surface area contributed by atoms with E-state index >= 15 is 0 Å². The Labute approximate surface area is 123 Å². The molecule has 1 aromatic rings. The highest BCUT2D eigenvalue weighted by Crippen LogP contribution is 2.37. The third-order valence-corrected chi connectivity index (χ3v) is 3.93. The fourth-order valence-electron chi connectivity index (χ4n) is 2.24. The van der Waals surface area contributed by atoms with Crippen molar-refractivity contribution in [3.8, 4) is 11.5 Å². The van der Waals surface area contributed by atoms with Crippen LogP contribution in [0, 0.1) is 5.41 Å². The molecule has 2 N–H and O–H groups in total. The van der Waals surface area contributed by atoms with Gasteiger partial charge in [-0.2, -0.15) is 0 Å². The Morgan fingerprint density at radius 3 is 2.60 bits per heavy atom. The van der Waals surface area contributed by atoms with Gasteiger partial charge in [-0.1, -0.05) is 11.6 Å². The van der Waals surface area contributed by atoms with Crippen LogP contribution in [0.25, 0.3) is 0 Å². The van der Waals surface area contributed by atoms with E-state index in [2.05, 4.69) is 10.6 Å². The highest BCUT2D eigenvalue weighted by Gasteiger charge is 2.36. The molecule has 0 saturated carbocycles. The van der Waals surface area contributed by atoms with Gasteiger partial charge in [0.15, 0.2) is 0 Å². The molecule has 1 aromatic carbocycles. The summed E-state index contributed by atoms with van der Waals surface area (Å²) in [4.78, 5) is 12.4. The lowest BCUT2D eigenvalue weighted by Crippen LogP contribution is -2.35. The van der Waals surface area contributed by atoms with Gasteiger partial charge >= 0.3 is 0 Å². The molecular weight excluding hydrogens is 280 g/mol. The summed E-state index contributed by atoms with van der Waals surface area (Å²) in [5.74, 6) is 0.992. The van der Waals surface area contributed by atoms with E-state index in [1.54, 1.807) is 12.1 Å². The first-order valence-electron chi connectivity index (χ1n) is 6.44. The first kappa shape index (κ1) is 14.9. The molecule has 2 rings (SSSR count). The van der Waals surface area contributed by atoms with Crippen LogP contribution in [0.1, 0.15) is 13.3 Å². The van der Waals surface area contributed by atoms with Crippen LogP contribution in [0.2, 0.25) is 5.02 Å². The number of ether oxygens (including phenoxy) is 2. The largest absolute Gasteiger partial charge is 0.495 e. The molecule has 1 heterocycles. The predicted molar refractivity (Wildman–Crippen MR) is 78.8 cm³/mol. The summed E-state index contributed by atoms with van der Waals surface area (Å²) < 4.78 is 10.4. The Hall–Kier alpha value is -1.46. The van der Waals surface area contributed by atoms with Crippen LogP contribution < -0.4 is 20.1 Å². The minimum Gasteiger partial charge on any atom is -0.495 e. The van der Waals surface area contributed by atoms with Crippen LogP contribution in [0.4, 0.5) is 5.69 Å². The van der Waals surface area contributed by atoms with Crippen LogP contribution in [-0.2, 0) is 4.79 Å². The van der Waals surface area contributed by atoms with Crippen LogP contribution >= 0.6 is 11.6 Å². The van der Waals surface area contributed by atoms with Crippen molar-refractivity contribution in [1.82, 2.24) is 5.32 Å². The second-order valence-corrected chi connectivity index (χ2v) is 5.54. The minimum absolute atomic E-state index is 0.0398. The lowest BCUT2D eigenvalue weighted by molar-refractivity contribution is -0.123. The molecule has 0 aliphatic carbocycles. The molecule has 1 unspecified atom stereocenters. The molecule has 5 nitrogen and oxygen atoms in total. The molecule has 6 heteroatoms. The van der Waals surface area contributed by atoms with Gasteiger partial charge in [0.2, 0.25) is 5.91 Å². The number of carbonyl (C=O) groups excluding carboxylic acids is 1. The van der Waals surface area contributed by atoms with Gasteiger partial charge in [0.1, 0.15) is 11.5 Å². The Kier molecular flexibility index (Phi) is 4.40. The second-order valence-electron chi connectivity index (χ2n) is 5.13.